The number of aromatic carboxylic acids is 1. The maximum atomic E-state index is 14.5. The van der Waals surface area contributed by atoms with Gasteiger partial charge in [0.2, 0.25) is 0 Å². The molecular formula is C20H18F4N4O2. The van der Waals surface area contributed by atoms with Gasteiger partial charge in [0, 0.05) is 11.8 Å². The number of carboxylic acids is 1. The average molecular weight is 422 g/mol. The fourth-order valence-corrected chi connectivity index (χ4v) is 3.06. The van der Waals surface area contributed by atoms with Gasteiger partial charge in [0.15, 0.2) is 5.82 Å². The van der Waals surface area contributed by atoms with Crippen LogP contribution in [0.5, 0.6) is 0 Å². The van der Waals surface area contributed by atoms with Crippen LogP contribution in [0.25, 0.3) is 5.82 Å². The predicted molar refractivity (Wildman–Crippen MR) is 101 cm³/mol. The number of benzene rings is 1. The largest absolute Gasteiger partial charge is 0.478 e. The highest BCUT2D eigenvalue weighted by molar-refractivity contribution is 5.89. The molecule has 3 rings (SSSR count). The topological polar surface area (TPSA) is 80.0 Å². The van der Waals surface area contributed by atoms with Crippen molar-refractivity contribution in [1.29, 1.82) is 0 Å². The van der Waals surface area contributed by atoms with Gasteiger partial charge >= 0.3 is 12.1 Å². The molecule has 0 aliphatic rings. The van der Waals surface area contributed by atoms with Crippen molar-refractivity contribution in [2.45, 2.75) is 32.0 Å². The zero-order valence-corrected chi connectivity index (χ0v) is 15.8. The maximum absolute atomic E-state index is 14.5. The van der Waals surface area contributed by atoms with Crippen LogP contribution in [0.2, 0.25) is 0 Å². The molecule has 0 saturated heterocycles. The SMILES string of the molecule is CCCC(Nc1cccc(-n2cc(C(F)(F)F)cn2)n1)c1c(F)cccc1C(=O)O. The molecule has 3 aromatic rings. The molecule has 0 radical (unpaired) electrons. The molecule has 158 valence electrons. The van der Waals surface area contributed by atoms with E-state index < -0.39 is 29.6 Å². The predicted octanol–water partition coefficient (Wildman–Crippen LogP) is 5.08. The lowest BCUT2D eigenvalue weighted by molar-refractivity contribution is -0.137. The number of aromatic nitrogens is 3. The Balaban J connectivity index is 1.94. The molecule has 2 N–H and O–H groups in total. The van der Waals surface area contributed by atoms with Crippen LogP contribution < -0.4 is 5.32 Å². The summed E-state index contributed by atoms with van der Waals surface area (Å²) in [5.41, 5.74) is -1.08. The highest BCUT2D eigenvalue weighted by Gasteiger charge is 2.32. The van der Waals surface area contributed by atoms with Crippen LogP contribution in [0, 0.1) is 5.82 Å². The van der Waals surface area contributed by atoms with Crippen molar-refractivity contribution >= 4 is 11.8 Å². The summed E-state index contributed by atoms with van der Waals surface area (Å²) in [5, 5.41) is 16.1. The second-order valence-corrected chi connectivity index (χ2v) is 6.54. The van der Waals surface area contributed by atoms with Crippen molar-refractivity contribution in [2.75, 3.05) is 5.32 Å². The van der Waals surface area contributed by atoms with Gasteiger partial charge in [0.25, 0.3) is 0 Å². The molecule has 0 spiro atoms. The molecule has 1 aromatic carbocycles. The third-order valence-corrected chi connectivity index (χ3v) is 4.41. The second-order valence-electron chi connectivity index (χ2n) is 6.54. The van der Waals surface area contributed by atoms with Crippen molar-refractivity contribution in [3.05, 3.63) is 71.3 Å². The molecule has 2 aromatic heterocycles. The fraction of sp³-hybridized carbons (Fsp3) is 0.250. The first-order valence-electron chi connectivity index (χ1n) is 9.08. The normalized spacial score (nSPS) is 12.6. The van der Waals surface area contributed by atoms with Gasteiger partial charge in [-0.25, -0.2) is 18.9 Å². The van der Waals surface area contributed by atoms with Crippen LogP contribution in [0.1, 0.15) is 47.3 Å². The Morgan fingerprint density at radius 1 is 1.23 bits per heavy atom. The van der Waals surface area contributed by atoms with Crippen molar-refractivity contribution in [3.8, 4) is 5.82 Å². The standard InChI is InChI=1S/C20H18F4N4O2/c1-2-5-15(18-13(19(29)30)6-3-7-14(18)21)26-16-8-4-9-17(27-16)28-11-12(10-25-28)20(22,23)24/h3-4,6-11,15H,2,5H2,1H3,(H,26,27)(H,29,30). The molecule has 6 nitrogen and oxygen atoms in total. The van der Waals surface area contributed by atoms with Gasteiger partial charge in [-0.1, -0.05) is 25.5 Å². The molecule has 0 saturated carbocycles. The zero-order chi connectivity index (χ0) is 21.9. The number of nitrogens with one attached hydrogen (secondary N) is 1. The Morgan fingerprint density at radius 2 is 1.97 bits per heavy atom. The van der Waals surface area contributed by atoms with Crippen molar-refractivity contribution in [1.82, 2.24) is 14.8 Å². The quantitative estimate of drug-likeness (QED) is 0.520. The number of hydrogen-bond acceptors (Lipinski definition) is 4. The molecular weight excluding hydrogens is 404 g/mol. The van der Waals surface area contributed by atoms with Gasteiger partial charge in [-0.2, -0.15) is 18.3 Å². The van der Waals surface area contributed by atoms with E-state index in [4.69, 9.17) is 0 Å². The lowest BCUT2D eigenvalue weighted by Gasteiger charge is -2.22. The van der Waals surface area contributed by atoms with Gasteiger partial charge in [-0.05, 0) is 30.7 Å². The Bertz CT molecular complexity index is 1050. The summed E-state index contributed by atoms with van der Waals surface area (Å²) in [6.45, 7) is 1.86. The second kappa shape index (κ2) is 8.52. The van der Waals surface area contributed by atoms with E-state index in [1.54, 1.807) is 12.1 Å². The number of rotatable bonds is 7. The van der Waals surface area contributed by atoms with Crippen LogP contribution in [0.4, 0.5) is 23.4 Å². The van der Waals surface area contributed by atoms with Gasteiger partial charge in [-0.15, -0.1) is 0 Å². The highest BCUT2D eigenvalue weighted by atomic mass is 19.4. The number of carbonyl (C=O) groups is 1. The van der Waals surface area contributed by atoms with Gasteiger partial charge in [-0.3, -0.25) is 0 Å². The number of carboxylic acid groups (broad SMARTS) is 1. The first-order valence-corrected chi connectivity index (χ1v) is 9.08. The van der Waals surface area contributed by atoms with E-state index in [2.05, 4.69) is 15.4 Å². The van der Waals surface area contributed by atoms with E-state index in [0.29, 0.717) is 19.0 Å². The van der Waals surface area contributed by atoms with E-state index in [-0.39, 0.29) is 22.8 Å². The Labute approximate surface area is 169 Å². The maximum Gasteiger partial charge on any atom is 0.419 e. The summed E-state index contributed by atoms with van der Waals surface area (Å²) >= 11 is 0. The number of pyridine rings is 1. The molecule has 0 amide bonds. The minimum Gasteiger partial charge on any atom is -0.478 e. The minimum absolute atomic E-state index is 0.00231. The molecule has 1 unspecified atom stereocenters. The van der Waals surface area contributed by atoms with E-state index in [1.807, 2.05) is 6.92 Å². The van der Waals surface area contributed by atoms with Crippen LogP contribution in [-0.4, -0.2) is 25.8 Å². The van der Waals surface area contributed by atoms with Crippen LogP contribution in [0.15, 0.2) is 48.8 Å². The Hall–Kier alpha value is -3.43. The number of anilines is 1. The monoisotopic (exact) mass is 422 g/mol. The molecule has 0 aliphatic carbocycles. The summed E-state index contributed by atoms with van der Waals surface area (Å²) in [5.74, 6) is -1.56. The van der Waals surface area contributed by atoms with Gasteiger partial charge in [0.05, 0.1) is 23.4 Å². The molecule has 10 heteroatoms. The van der Waals surface area contributed by atoms with E-state index in [1.165, 1.54) is 24.3 Å². The number of alkyl halides is 3. The van der Waals surface area contributed by atoms with Gasteiger partial charge < -0.3 is 10.4 Å². The summed E-state index contributed by atoms with van der Waals surface area (Å²) in [7, 11) is 0. The molecule has 0 bridgehead atoms. The third kappa shape index (κ3) is 4.58. The van der Waals surface area contributed by atoms with E-state index in [0.717, 1.165) is 10.9 Å². The average Bonchev–Trinajstić information content (AvgIpc) is 3.18. The van der Waals surface area contributed by atoms with Crippen molar-refractivity contribution in [2.24, 2.45) is 0 Å². The third-order valence-electron chi connectivity index (χ3n) is 4.41. The van der Waals surface area contributed by atoms with Gasteiger partial charge in [0.1, 0.15) is 11.6 Å². The Kier molecular flexibility index (Phi) is 6.04. The smallest absolute Gasteiger partial charge is 0.419 e. The number of nitrogens with zero attached hydrogens (tertiary/aromatic N) is 3. The summed E-state index contributed by atoms with van der Waals surface area (Å²) in [6, 6.07) is 7.70. The van der Waals surface area contributed by atoms with Crippen molar-refractivity contribution in [3.63, 3.8) is 0 Å². The van der Waals surface area contributed by atoms with Crippen LogP contribution in [0.3, 0.4) is 0 Å². The molecule has 2 heterocycles. The van der Waals surface area contributed by atoms with Crippen LogP contribution >= 0.6 is 0 Å². The minimum atomic E-state index is -4.53. The Morgan fingerprint density at radius 3 is 2.60 bits per heavy atom. The van der Waals surface area contributed by atoms with Crippen molar-refractivity contribution < 1.29 is 27.5 Å². The molecule has 0 aliphatic heterocycles. The molecule has 30 heavy (non-hydrogen) atoms. The van der Waals surface area contributed by atoms with Crippen LogP contribution in [-0.2, 0) is 6.18 Å². The van der Waals surface area contributed by atoms with E-state index in [9.17, 15) is 27.5 Å². The summed E-state index contributed by atoms with van der Waals surface area (Å²) < 4.78 is 53.9. The summed E-state index contributed by atoms with van der Waals surface area (Å²) in [6.07, 6.45) is -1.99. The molecule has 1 atom stereocenters. The highest BCUT2D eigenvalue weighted by Crippen LogP contribution is 2.30. The zero-order valence-electron chi connectivity index (χ0n) is 15.8. The lowest BCUT2D eigenvalue weighted by Crippen LogP contribution is -2.18. The lowest BCUT2D eigenvalue weighted by atomic mass is 9.96. The number of hydrogen-bond donors (Lipinski definition) is 2. The molecule has 0 fully saturated rings. The van der Waals surface area contributed by atoms with E-state index >= 15 is 0 Å². The fourth-order valence-electron chi connectivity index (χ4n) is 3.06. The first-order chi connectivity index (χ1) is 14.2. The summed E-state index contributed by atoms with van der Waals surface area (Å²) in [4.78, 5) is 15.8. The first kappa shape index (κ1) is 21.3. The number of halogens is 4.